The fourth-order valence-electron chi connectivity index (χ4n) is 1.80. The summed E-state index contributed by atoms with van der Waals surface area (Å²) in [5.41, 5.74) is 0.719. The predicted molar refractivity (Wildman–Crippen MR) is 67.7 cm³/mol. The summed E-state index contributed by atoms with van der Waals surface area (Å²) in [6, 6.07) is 5.24. The van der Waals surface area contributed by atoms with Crippen molar-refractivity contribution >= 4 is 35.8 Å². The Kier molecular flexibility index (Phi) is 3.30. The van der Waals surface area contributed by atoms with Crippen LogP contribution in [0, 0.1) is 0 Å². The highest BCUT2D eigenvalue weighted by molar-refractivity contribution is 7.81. The third-order valence-electron chi connectivity index (χ3n) is 2.54. The van der Waals surface area contributed by atoms with Crippen LogP contribution < -0.4 is 9.64 Å². The van der Waals surface area contributed by atoms with E-state index in [4.69, 9.17) is 16.3 Å². The van der Waals surface area contributed by atoms with Crippen molar-refractivity contribution in [1.29, 1.82) is 0 Å². The summed E-state index contributed by atoms with van der Waals surface area (Å²) in [5.74, 6) is 0.709. The molecular weight excluding hydrogens is 246 g/mol. The number of thiol groups is 1. The highest BCUT2D eigenvalue weighted by atomic mass is 35.5. The summed E-state index contributed by atoms with van der Waals surface area (Å²) in [7, 11) is 1.57. The first-order valence-electron chi connectivity index (χ1n) is 4.94. The molecule has 1 aliphatic rings. The van der Waals surface area contributed by atoms with Gasteiger partial charge in [-0.1, -0.05) is 11.6 Å². The van der Waals surface area contributed by atoms with Gasteiger partial charge in [-0.25, -0.2) is 0 Å². The topological polar surface area (TPSA) is 29.5 Å². The number of hydrogen-bond donors (Lipinski definition) is 1. The van der Waals surface area contributed by atoms with Crippen LogP contribution in [0.3, 0.4) is 0 Å². The summed E-state index contributed by atoms with van der Waals surface area (Å²) in [4.78, 5) is 13.4. The first-order valence-corrected chi connectivity index (χ1v) is 5.83. The number of benzene rings is 1. The monoisotopic (exact) mass is 257 g/mol. The van der Waals surface area contributed by atoms with Gasteiger partial charge in [-0.2, -0.15) is 12.6 Å². The van der Waals surface area contributed by atoms with Gasteiger partial charge in [0.2, 0.25) is 5.91 Å². The molecule has 16 heavy (non-hydrogen) atoms. The minimum atomic E-state index is 0.0561. The van der Waals surface area contributed by atoms with E-state index >= 15 is 0 Å². The Morgan fingerprint density at radius 3 is 2.88 bits per heavy atom. The molecule has 1 aromatic carbocycles. The lowest BCUT2D eigenvalue weighted by molar-refractivity contribution is -0.117. The Bertz CT molecular complexity index is 424. The molecule has 0 N–H and O–H groups in total. The van der Waals surface area contributed by atoms with E-state index in [0.29, 0.717) is 23.7 Å². The Labute approximate surface area is 105 Å². The normalized spacial score (nSPS) is 20.3. The van der Waals surface area contributed by atoms with Gasteiger partial charge in [-0.3, -0.25) is 4.79 Å². The van der Waals surface area contributed by atoms with Gasteiger partial charge in [0.25, 0.3) is 0 Å². The third-order valence-corrected chi connectivity index (χ3v) is 3.12. The van der Waals surface area contributed by atoms with Crippen LogP contribution in [0.1, 0.15) is 6.42 Å². The second-order valence-electron chi connectivity index (χ2n) is 3.68. The van der Waals surface area contributed by atoms with Crippen LogP contribution in [-0.4, -0.2) is 24.8 Å². The number of hydrogen-bond acceptors (Lipinski definition) is 3. The number of carbonyl (C=O) groups excluding carboxylic acids is 1. The van der Waals surface area contributed by atoms with Crippen molar-refractivity contribution in [3.8, 4) is 5.75 Å². The molecule has 2 rings (SSSR count). The lowest BCUT2D eigenvalue weighted by atomic mass is 10.2. The van der Waals surface area contributed by atoms with Crippen molar-refractivity contribution < 1.29 is 9.53 Å². The number of rotatable bonds is 2. The zero-order chi connectivity index (χ0) is 11.7. The molecule has 1 fully saturated rings. The van der Waals surface area contributed by atoms with Crippen molar-refractivity contribution in [3.05, 3.63) is 23.2 Å². The van der Waals surface area contributed by atoms with Gasteiger partial charge in [0.15, 0.2) is 0 Å². The van der Waals surface area contributed by atoms with Gasteiger partial charge < -0.3 is 9.64 Å². The van der Waals surface area contributed by atoms with Gasteiger partial charge in [-0.15, -0.1) is 0 Å². The van der Waals surface area contributed by atoms with Crippen molar-refractivity contribution in [3.63, 3.8) is 0 Å². The minimum absolute atomic E-state index is 0.0561. The maximum atomic E-state index is 11.7. The second kappa shape index (κ2) is 4.55. The zero-order valence-corrected chi connectivity index (χ0v) is 10.5. The zero-order valence-electron chi connectivity index (χ0n) is 8.81. The van der Waals surface area contributed by atoms with Crippen LogP contribution in [0.5, 0.6) is 5.75 Å². The Hall–Kier alpha value is -0.870. The van der Waals surface area contributed by atoms with Crippen LogP contribution >= 0.6 is 24.2 Å². The molecule has 0 aromatic heterocycles. The van der Waals surface area contributed by atoms with E-state index in [1.54, 1.807) is 30.2 Å². The molecule has 1 aromatic rings. The number of halogens is 1. The second-order valence-corrected chi connectivity index (χ2v) is 4.85. The average Bonchev–Trinajstić information content (AvgIpc) is 2.57. The summed E-state index contributed by atoms with van der Waals surface area (Å²) in [6.45, 7) is 0.596. The molecule has 5 heteroatoms. The molecule has 3 nitrogen and oxygen atoms in total. The molecule has 1 unspecified atom stereocenters. The van der Waals surface area contributed by atoms with E-state index < -0.39 is 0 Å². The number of anilines is 1. The first-order chi connectivity index (χ1) is 7.61. The van der Waals surface area contributed by atoms with Gasteiger partial charge in [0.1, 0.15) is 5.75 Å². The van der Waals surface area contributed by atoms with E-state index in [1.165, 1.54) is 0 Å². The molecule has 1 heterocycles. The molecule has 0 radical (unpaired) electrons. The van der Waals surface area contributed by atoms with Gasteiger partial charge in [0.05, 0.1) is 12.8 Å². The van der Waals surface area contributed by atoms with E-state index in [9.17, 15) is 4.79 Å². The molecule has 0 saturated carbocycles. The average molecular weight is 258 g/mol. The Morgan fingerprint density at radius 2 is 2.31 bits per heavy atom. The number of methoxy groups -OCH3 is 1. The fourth-order valence-corrected chi connectivity index (χ4v) is 2.28. The van der Waals surface area contributed by atoms with Crippen molar-refractivity contribution in [2.45, 2.75) is 11.7 Å². The summed E-state index contributed by atoms with van der Waals surface area (Å²) in [5, 5.41) is 0.669. The number of nitrogens with zero attached hydrogens (tertiary/aromatic N) is 1. The highest BCUT2D eigenvalue weighted by Gasteiger charge is 2.30. The van der Waals surface area contributed by atoms with E-state index in [1.807, 2.05) is 0 Å². The highest BCUT2D eigenvalue weighted by Crippen LogP contribution is 2.34. The van der Waals surface area contributed by atoms with E-state index in [0.717, 1.165) is 5.69 Å². The quantitative estimate of drug-likeness (QED) is 0.825. The van der Waals surface area contributed by atoms with Crippen molar-refractivity contribution in [1.82, 2.24) is 0 Å². The molecular formula is C11H12ClNO2S. The first kappa shape index (κ1) is 11.6. The van der Waals surface area contributed by atoms with E-state index in [2.05, 4.69) is 12.6 Å². The minimum Gasteiger partial charge on any atom is -0.495 e. The maximum absolute atomic E-state index is 11.7. The fraction of sp³-hybridized carbons (Fsp3) is 0.364. The standard InChI is InChI=1S/C11H12ClNO2S/c1-15-10-3-2-7(12)4-9(10)13-6-8(16)5-11(13)14/h2-4,8,16H,5-6H2,1H3. The number of carbonyl (C=O) groups is 1. The molecule has 1 atom stereocenters. The summed E-state index contributed by atoms with van der Waals surface area (Å²) < 4.78 is 5.22. The molecule has 0 spiro atoms. The molecule has 1 amide bonds. The summed E-state index contributed by atoms with van der Waals surface area (Å²) in [6.07, 6.45) is 0.457. The van der Waals surface area contributed by atoms with Crippen molar-refractivity contribution in [2.75, 3.05) is 18.6 Å². The predicted octanol–water partition coefficient (Wildman–Crippen LogP) is 2.38. The number of ether oxygens (including phenoxy) is 1. The molecule has 0 bridgehead atoms. The Morgan fingerprint density at radius 1 is 1.56 bits per heavy atom. The third kappa shape index (κ3) is 2.13. The largest absolute Gasteiger partial charge is 0.495 e. The molecule has 0 aliphatic carbocycles. The van der Waals surface area contributed by atoms with Crippen LogP contribution in [-0.2, 0) is 4.79 Å². The molecule has 86 valence electrons. The maximum Gasteiger partial charge on any atom is 0.228 e. The van der Waals surface area contributed by atoms with E-state index in [-0.39, 0.29) is 11.2 Å². The van der Waals surface area contributed by atoms with Crippen LogP contribution in [0.4, 0.5) is 5.69 Å². The van der Waals surface area contributed by atoms with Crippen molar-refractivity contribution in [2.24, 2.45) is 0 Å². The van der Waals surface area contributed by atoms with Gasteiger partial charge >= 0.3 is 0 Å². The molecule has 1 aliphatic heterocycles. The van der Waals surface area contributed by atoms with Crippen LogP contribution in [0.2, 0.25) is 5.02 Å². The SMILES string of the molecule is COc1ccc(Cl)cc1N1CC(S)CC1=O. The Balaban J connectivity index is 2.39. The summed E-state index contributed by atoms with van der Waals surface area (Å²) >= 11 is 10.2. The van der Waals surface area contributed by atoms with Gasteiger partial charge in [0, 0.05) is 23.2 Å². The van der Waals surface area contributed by atoms with Crippen LogP contribution in [0.15, 0.2) is 18.2 Å². The smallest absolute Gasteiger partial charge is 0.228 e. The molecule has 1 saturated heterocycles. The van der Waals surface area contributed by atoms with Crippen LogP contribution in [0.25, 0.3) is 0 Å². The lowest BCUT2D eigenvalue weighted by Gasteiger charge is -2.19. The van der Waals surface area contributed by atoms with Gasteiger partial charge in [-0.05, 0) is 18.2 Å². The number of amides is 1. The lowest BCUT2D eigenvalue weighted by Crippen LogP contribution is -2.25.